The number of hydrogen-bond acceptors (Lipinski definition) is 6. The summed E-state index contributed by atoms with van der Waals surface area (Å²) in [4.78, 5) is 15.4. The normalized spacial score (nSPS) is 17.4. The molecule has 20 heavy (non-hydrogen) atoms. The summed E-state index contributed by atoms with van der Waals surface area (Å²) in [5.74, 6) is 5.01. The summed E-state index contributed by atoms with van der Waals surface area (Å²) in [5.41, 5.74) is 2.26. The van der Waals surface area contributed by atoms with Gasteiger partial charge in [0.1, 0.15) is 4.90 Å². The van der Waals surface area contributed by atoms with Gasteiger partial charge in [-0.05, 0) is 28.4 Å². The van der Waals surface area contributed by atoms with Crippen LogP contribution in [0.4, 0.5) is 5.82 Å². The maximum absolute atomic E-state index is 12.6. The Morgan fingerprint density at radius 2 is 2.25 bits per heavy atom. The number of hydrogen-bond donors (Lipinski definition) is 3. The highest BCUT2D eigenvalue weighted by molar-refractivity contribution is 9.10. The van der Waals surface area contributed by atoms with Crippen LogP contribution in [-0.2, 0) is 14.8 Å². The molecule has 0 saturated carbocycles. The molecule has 1 aromatic heterocycles. The lowest BCUT2D eigenvalue weighted by Gasteiger charge is -2.20. The lowest BCUT2D eigenvalue weighted by Crippen LogP contribution is -2.37. The minimum Gasteiger partial charge on any atom is -0.355 e. The third-order valence-electron chi connectivity index (χ3n) is 2.80. The number of aromatic nitrogens is 1. The Kier molecular flexibility index (Phi) is 4.58. The third kappa shape index (κ3) is 3.08. The standard InChI is InChI=1S/C10H14BrN5O3S/c11-7-4-8(10(15-12)14-5-7)20(18,19)16-3-1-2-13-9(17)6-16/h4-5H,1-3,6,12H2,(H,13,17)(H,14,15). The molecule has 2 heterocycles. The van der Waals surface area contributed by atoms with Crippen LogP contribution in [0.25, 0.3) is 0 Å². The highest BCUT2D eigenvalue weighted by atomic mass is 79.9. The summed E-state index contributed by atoms with van der Waals surface area (Å²) in [6, 6.07) is 1.40. The van der Waals surface area contributed by atoms with Crippen LogP contribution < -0.4 is 16.6 Å². The van der Waals surface area contributed by atoms with Crippen molar-refractivity contribution in [1.29, 1.82) is 0 Å². The smallest absolute Gasteiger partial charge is 0.247 e. The molecular weight excluding hydrogens is 350 g/mol. The number of nitrogens with one attached hydrogen (secondary N) is 2. The molecule has 1 aliphatic rings. The van der Waals surface area contributed by atoms with Gasteiger partial charge in [-0.25, -0.2) is 19.2 Å². The van der Waals surface area contributed by atoms with E-state index in [1.165, 1.54) is 12.3 Å². The van der Waals surface area contributed by atoms with Crippen LogP contribution >= 0.6 is 15.9 Å². The zero-order valence-corrected chi connectivity index (χ0v) is 12.9. The van der Waals surface area contributed by atoms with Crippen molar-refractivity contribution in [2.45, 2.75) is 11.3 Å². The number of rotatable bonds is 3. The Balaban J connectivity index is 2.43. The van der Waals surface area contributed by atoms with Crippen molar-refractivity contribution in [2.75, 3.05) is 25.1 Å². The van der Waals surface area contributed by atoms with Crippen molar-refractivity contribution in [3.05, 3.63) is 16.7 Å². The maximum Gasteiger partial charge on any atom is 0.247 e. The summed E-state index contributed by atoms with van der Waals surface area (Å²) in [7, 11) is -3.85. The van der Waals surface area contributed by atoms with Crippen LogP contribution in [0.5, 0.6) is 0 Å². The number of nitrogens with zero attached hydrogens (tertiary/aromatic N) is 2. The SMILES string of the molecule is NNc1ncc(Br)cc1S(=O)(=O)N1CCCNC(=O)C1. The van der Waals surface area contributed by atoms with E-state index >= 15 is 0 Å². The van der Waals surface area contributed by atoms with Gasteiger partial charge in [-0.3, -0.25) is 4.79 Å². The van der Waals surface area contributed by atoms with Gasteiger partial charge >= 0.3 is 0 Å². The Hall–Kier alpha value is -1.23. The molecule has 0 radical (unpaired) electrons. The predicted molar refractivity (Wildman–Crippen MR) is 76.1 cm³/mol. The van der Waals surface area contributed by atoms with Crippen molar-refractivity contribution in [2.24, 2.45) is 5.84 Å². The second-order valence-electron chi connectivity index (χ2n) is 4.19. The number of sulfonamides is 1. The average molecular weight is 364 g/mol. The fourth-order valence-electron chi connectivity index (χ4n) is 1.85. The number of halogens is 1. The monoisotopic (exact) mass is 363 g/mol. The third-order valence-corrected chi connectivity index (χ3v) is 5.09. The Morgan fingerprint density at radius 3 is 2.95 bits per heavy atom. The summed E-state index contributed by atoms with van der Waals surface area (Å²) < 4.78 is 26.8. The number of nitrogen functional groups attached to an aromatic ring is 1. The lowest BCUT2D eigenvalue weighted by atomic mass is 10.4. The van der Waals surface area contributed by atoms with Crippen molar-refractivity contribution in [3.63, 3.8) is 0 Å². The van der Waals surface area contributed by atoms with Gasteiger partial charge in [0.2, 0.25) is 15.9 Å². The fraction of sp³-hybridized carbons (Fsp3) is 0.400. The van der Waals surface area contributed by atoms with E-state index in [0.29, 0.717) is 17.4 Å². The van der Waals surface area contributed by atoms with Gasteiger partial charge in [0.05, 0.1) is 6.54 Å². The molecule has 10 heteroatoms. The van der Waals surface area contributed by atoms with Gasteiger partial charge in [-0.1, -0.05) is 0 Å². The van der Waals surface area contributed by atoms with Crippen molar-refractivity contribution in [3.8, 4) is 0 Å². The van der Waals surface area contributed by atoms with Crippen LogP contribution in [0.3, 0.4) is 0 Å². The molecule has 110 valence electrons. The lowest BCUT2D eigenvalue weighted by molar-refractivity contribution is -0.120. The summed E-state index contributed by atoms with van der Waals surface area (Å²) in [6.45, 7) is 0.514. The number of amides is 1. The molecule has 1 aliphatic heterocycles. The number of carbonyl (C=O) groups excluding carboxylic acids is 1. The molecule has 8 nitrogen and oxygen atoms in total. The van der Waals surface area contributed by atoms with E-state index in [-0.39, 0.29) is 29.7 Å². The van der Waals surface area contributed by atoms with E-state index < -0.39 is 10.0 Å². The molecular formula is C10H14BrN5O3S. The Morgan fingerprint density at radius 1 is 1.50 bits per heavy atom. The van der Waals surface area contributed by atoms with Crippen LogP contribution in [0, 0.1) is 0 Å². The number of pyridine rings is 1. The first-order valence-corrected chi connectivity index (χ1v) is 8.07. The van der Waals surface area contributed by atoms with E-state index in [9.17, 15) is 13.2 Å². The van der Waals surface area contributed by atoms with E-state index in [1.54, 1.807) is 0 Å². The summed E-state index contributed by atoms with van der Waals surface area (Å²) in [6.07, 6.45) is 1.99. The van der Waals surface area contributed by atoms with Gasteiger partial charge in [0.25, 0.3) is 0 Å². The van der Waals surface area contributed by atoms with Crippen LogP contribution in [0.15, 0.2) is 21.6 Å². The topological polar surface area (TPSA) is 117 Å². The number of nitrogens with two attached hydrogens (primary N) is 1. The van der Waals surface area contributed by atoms with E-state index in [4.69, 9.17) is 5.84 Å². The minimum absolute atomic E-state index is 0.0397. The van der Waals surface area contributed by atoms with Crippen LogP contribution in [-0.4, -0.2) is 43.2 Å². The molecule has 1 saturated heterocycles. The van der Waals surface area contributed by atoms with Crippen LogP contribution in [0.1, 0.15) is 6.42 Å². The average Bonchev–Trinajstić information content (AvgIpc) is 2.64. The molecule has 2 rings (SSSR count). The second kappa shape index (κ2) is 6.04. The maximum atomic E-state index is 12.6. The predicted octanol–water partition coefficient (Wildman–Crippen LogP) is -0.360. The number of anilines is 1. The molecule has 4 N–H and O–H groups in total. The quantitative estimate of drug-likeness (QED) is 0.498. The number of hydrazine groups is 1. The zero-order valence-electron chi connectivity index (χ0n) is 10.5. The Labute approximate surface area is 124 Å². The Bertz CT molecular complexity index is 621. The summed E-state index contributed by atoms with van der Waals surface area (Å²) in [5, 5.41) is 2.63. The molecule has 1 aromatic rings. The molecule has 0 atom stereocenters. The largest absolute Gasteiger partial charge is 0.355 e. The molecule has 0 bridgehead atoms. The first-order chi connectivity index (χ1) is 9.45. The van der Waals surface area contributed by atoms with E-state index in [2.05, 4.69) is 31.7 Å². The minimum atomic E-state index is -3.85. The number of carbonyl (C=O) groups is 1. The fourth-order valence-corrected chi connectivity index (χ4v) is 3.90. The van der Waals surface area contributed by atoms with Crippen molar-refractivity contribution < 1.29 is 13.2 Å². The highest BCUT2D eigenvalue weighted by Crippen LogP contribution is 2.25. The molecule has 1 fully saturated rings. The van der Waals surface area contributed by atoms with Crippen LogP contribution in [0.2, 0.25) is 0 Å². The van der Waals surface area contributed by atoms with Crippen molar-refractivity contribution >= 4 is 37.7 Å². The molecule has 0 spiro atoms. The highest BCUT2D eigenvalue weighted by Gasteiger charge is 2.30. The van der Waals surface area contributed by atoms with Gasteiger partial charge in [0, 0.05) is 23.8 Å². The van der Waals surface area contributed by atoms with Crippen molar-refractivity contribution in [1.82, 2.24) is 14.6 Å². The zero-order chi connectivity index (χ0) is 14.8. The molecule has 0 aromatic carbocycles. The van der Waals surface area contributed by atoms with Gasteiger partial charge in [-0.15, -0.1) is 0 Å². The van der Waals surface area contributed by atoms with E-state index in [1.807, 2.05) is 0 Å². The molecule has 0 unspecified atom stereocenters. The van der Waals surface area contributed by atoms with Gasteiger partial charge in [-0.2, -0.15) is 4.31 Å². The molecule has 0 aliphatic carbocycles. The van der Waals surface area contributed by atoms with Gasteiger partial charge < -0.3 is 10.7 Å². The summed E-state index contributed by atoms with van der Waals surface area (Å²) >= 11 is 3.18. The van der Waals surface area contributed by atoms with E-state index in [0.717, 1.165) is 4.31 Å². The van der Waals surface area contributed by atoms with Gasteiger partial charge in [0.15, 0.2) is 5.82 Å². The molecule has 1 amide bonds. The first-order valence-electron chi connectivity index (χ1n) is 5.84. The first kappa shape index (κ1) is 15.2. The second-order valence-corrected chi connectivity index (χ2v) is 7.01.